The van der Waals surface area contributed by atoms with Gasteiger partial charge in [-0.2, -0.15) is 0 Å². The van der Waals surface area contributed by atoms with Crippen molar-refractivity contribution >= 4 is 23.5 Å². The molecule has 1 fully saturated rings. The second kappa shape index (κ2) is 8.41. The van der Waals surface area contributed by atoms with Crippen molar-refractivity contribution in [3.63, 3.8) is 0 Å². The molecular weight excluding hydrogens is 407 g/mol. The third-order valence-corrected chi connectivity index (χ3v) is 5.53. The lowest BCUT2D eigenvalue weighted by atomic mass is 10.0. The molecule has 1 aromatic carbocycles. The number of amides is 1. The Balaban J connectivity index is 1.69. The number of H-pyrrole nitrogens is 1. The number of nitrogens with zero attached hydrogens (tertiary/aromatic N) is 4. The lowest BCUT2D eigenvalue weighted by Crippen LogP contribution is -2.34. The number of hydrogen-bond donors (Lipinski definition) is 2. The molecule has 0 saturated carbocycles. The van der Waals surface area contributed by atoms with Crippen LogP contribution in [0.3, 0.4) is 0 Å². The fourth-order valence-corrected chi connectivity index (χ4v) is 3.77. The number of nitrogens with two attached hydrogens (primary N) is 1. The van der Waals surface area contributed by atoms with Gasteiger partial charge in [-0.3, -0.25) is 4.79 Å². The molecule has 3 N–H and O–H groups in total. The van der Waals surface area contributed by atoms with E-state index in [0.717, 1.165) is 19.5 Å². The molecule has 0 aliphatic carbocycles. The lowest BCUT2D eigenvalue weighted by molar-refractivity contribution is 0.0757. The molecule has 3 heterocycles. The van der Waals surface area contributed by atoms with E-state index in [9.17, 15) is 9.18 Å². The summed E-state index contributed by atoms with van der Waals surface area (Å²) < 4.78 is 14.6. The Hall–Kier alpha value is -2.97. The zero-order valence-corrected chi connectivity index (χ0v) is 17.3. The molecular formula is C21H22ClFN6O. The second-order valence-electron chi connectivity index (χ2n) is 7.34. The maximum absolute atomic E-state index is 14.6. The van der Waals surface area contributed by atoms with Gasteiger partial charge in [-0.1, -0.05) is 23.7 Å². The van der Waals surface area contributed by atoms with Crippen LogP contribution in [0.25, 0.3) is 22.4 Å². The van der Waals surface area contributed by atoms with Crippen LogP contribution in [0.1, 0.15) is 16.9 Å². The molecule has 0 spiro atoms. The van der Waals surface area contributed by atoms with Crippen molar-refractivity contribution in [3.8, 4) is 22.4 Å². The van der Waals surface area contributed by atoms with Gasteiger partial charge in [-0.25, -0.2) is 14.4 Å². The quantitative estimate of drug-likeness (QED) is 0.668. The summed E-state index contributed by atoms with van der Waals surface area (Å²) in [5.41, 5.74) is 7.99. The van der Waals surface area contributed by atoms with Crippen LogP contribution in [0.4, 0.5) is 10.3 Å². The molecule has 30 heavy (non-hydrogen) atoms. The molecule has 1 aliphatic heterocycles. The molecule has 1 saturated heterocycles. The summed E-state index contributed by atoms with van der Waals surface area (Å²) in [5.74, 6) is -0.579. The maximum Gasteiger partial charge on any atom is 0.270 e. The van der Waals surface area contributed by atoms with Gasteiger partial charge in [-0.15, -0.1) is 0 Å². The number of benzene rings is 1. The minimum Gasteiger partial charge on any atom is -0.368 e. The SMILES string of the molecule is CN1CCCN(C(=O)c2cc(-c3nc(N)ncc3-c3cccc(Cl)c3F)c[nH]2)CC1. The van der Waals surface area contributed by atoms with Gasteiger partial charge in [-0.05, 0) is 32.1 Å². The molecule has 156 valence electrons. The lowest BCUT2D eigenvalue weighted by Gasteiger charge is -2.19. The number of rotatable bonds is 3. The third-order valence-electron chi connectivity index (χ3n) is 5.24. The number of anilines is 1. The summed E-state index contributed by atoms with van der Waals surface area (Å²) in [6.45, 7) is 3.18. The highest BCUT2D eigenvalue weighted by atomic mass is 35.5. The van der Waals surface area contributed by atoms with E-state index < -0.39 is 5.82 Å². The first-order valence-electron chi connectivity index (χ1n) is 9.67. The van der Waals surface area contributed by atoms with Crippen LogP contribution in [-0.2, 0) is 0 Å². The summed E-state index contributed by atoms with van der Waals surface area (Å²) in [6, 6.07) is 6.45. The molecule has 3 aromatic rings. The number of nitrogens with one attached hydrogen (secondary N) is 1. The number of aromatic amines is 1. The number of carbonyl (C=O) groups is 1. The van der Waals surface area contributed by atoms with Gasteiger partial charge in [0.1, 0.15) is 11.5 Å². The van der Waals surface area contributed by atoms with Crippen molar-refractivity contribution in [2.45, 2.75) is 6.42 Å². The smallest absolute Gasteiger partial charge is 0.270 e. The van der Waals surface area contributed by atoms with Crippen LogP contribution in [0.15, 0.2) is 36.7 Å². The highest BCUT2D eigenvalue weighted by Crippen LogP contribution is 2.34. The van der Waals surface area contributed by atoms with Crippen molar-refractivity contribution < 1.29 is 9.18 Å². The molecule has 0 atom stereocenters. The van der Waals surface area contributed by atoms with Crippen molar-refractivity contribution in [1.82, 2.24) is 24.8 Å². The Bertz CT molecular complexity index is 1090. The van der Waals surface area contributed by atoms with E-state index >= 15 is 0 Å². The third kappa shape index (κ3) is 4.01. The Labute approximate surface area is 178 Å². The molecule has 9 heteroatoms. The van der Waals surface area contributed by atoms with Gasteiger partial charge in [0.25, 0.3) is 5.91 Å². The number of nitrogen functional groups attached to an aromatic ring is 1. The van der Waals surface area contributed by atoms with E-state index in [1.165, 1.54) is 12.3 Å². The van der Waals surface area contributed by atoms with E-state index in [2.05, 4.69) is 26.9 Å². The molecule has 7 nitrogen and oxygen atoms in total. The van der Waals surface area contributed by atoms with Crippen molar-refractivity contribution in [3.05, 3.63) is 53.2 Å². The minimum absolute atomic E-state index is 0.00587. The van der Waals surface area contributed by atoms with Gasteiger partial charge in [0, 0.05) is 48.7 Å². The van der Waals surface area contributed by atoms with Crippen LogP contribution >= 0.6 is 11.6 Å². The summed E-state index contributed by atoms with van der Waals surface area (Å²) in [7, 11) is 2.05. The first kappa shape index (κ1) is 20.3. The topological polar surface area (TPSA) is 91.1 Å². The molecule has 0 unspecified atom stereocenters. The Morgan fingerprint density at radius 2 is 2.07 bits per heavy atom. The Morgan fingerprint density at radius 1 is 1.23 bits per heavy atom. The predicted octanol–water partition coefficient (Wildman–Crippen LogP) is 3.29. The molecule has 1 aliphatic rings. The molecule has 0 radical (unpaired) electrons. The maximum atomic E-state index is 14.6. The van der Waals surface area contributed by atoms with Gasteiger partial charge in [0.2, 0.25) is 5.95 Å². The fraction of sp³-hybridized carbons (Fsp3) is 0.286. The fourth-order valence-electron chi connectivity index (χ4n) is 3.60. The number of carbonyl (C=O) groups excluding carboxylic acids is 1. The van der Waals surface area contributed by atoms with Gasteiger partial charge < -0.3 is 20.5 Å². The van der Waals surface area contributed by atoms with Gasteiger partial charge in [0.15, 0.2) is 0 Å². The first-order valence-corrected chi connectivity index (χ1v) is 10.1. The zero-order valence-electron chi connectivity index (χ0n) is 16.5. The highest BCUT2D eigenvalue weighted by molar-refractivity contribution is 6.31. The molecule has 1 amide bonds. The molecule has 4 rings (SSSR count). The van der Waals surface area contributed by atoms with Crippen molar-refractivity contribution in [1.29, 1.82) is 0 Å². The Kier molecular flexibility index (Phi) is 5.69. The van der Waals surface area contributed by atoms with Gasteiger partial charge >= 0.3 is 0 Å². The summed E-state index contributed by atoms with van der Waals surface area (Å²) in [6.07, 6.45) is 4.06. The first-order chi connectivity index (χ1) is 14.4. The summed E-state index contributed by atoms with van der Waals surface area (Å²) in [4.78, 5) is 28.4. The Morgan fingerprint density at radius 3 is 2.90 bits per heavy atom. The predicted molar refractivity (Wildman–Crippen MR) is 115 cm³/mol. The van der Waals surface area contributed by atoms with Crippen LogP contribution in [0, 0.1) is 5.82 Å². The monoisotopic (exact) mass is 428 g/mol. The van der Waals surface area contributed by atoms with E-state index in [4.69, 9.17) is 17.3 Å². The number of likely N-dealkylation sites (N-methyl/N-ethyl adjacent to an activating group) is 1. The normalized spacial score (nSPS) is 15.2. The number of hydrogen-bond acceptors (Lipinski definition) is 5. The number of aromatic nitrogens is 3. The van der Waals surface area contributed by atoms with E-state index in [0.29, 0.717) is 35.6 Å². The highest BCUT2D eigenvalue weighted by Gasteiger charge is 2.22. The average Bonchev–Trinajstić information content (AvgIpc) is 3.12. The van der Waals surface area contributed by atoms with E-state index in [1.807, 2.05) is 4.90 Å². The standard InChI is InChI=1S/C21H22ClFN6O/c1-28-6-3-7-29(9-8-28)20(30)17-10-13(11-25-17)19-15(12-26-21(24)27-19)14-4-2-5-16(22)18(14)23/h2,4-5,10-12,25H,3,6-9H2,1H3,(H2,24,26,27). The van der Waals surface area contributed by atoms with Crippen molar-refractivity contribution in [2.24, 2.45) is 0 Å². The molecule has 2 aromatic heterocycles. The van der Waals surface area contributed by atoms with Crippen molar-refractivity contribution in [2.75, 3.05) is 39.0 Å². The summed E-state index contributed by atoms with van der Waals surface area (Å²) >= 11 is 5.95. The average molecular weight is 429 g/mol. The second-order valence-corrected chi connectivity index (χ2v) is 7.75. The van der Waals surface area contributed by atoms with Crippen LogP contribution < -0.4 is 5.73 Å². The van der Waals surface area contributed by atoms with Crippen LogP contribution in [0.2, 0.25) is 5.02 Å². The summed E-state index contributed by atoms with van der Waals surface area (Å²) in [5, 5.41) is 0.00587. The van der Waals surface area contributed by atoms with E-state index in [-0.39, 0.29) is 22.4 Å². The minimum atomic E-state index is -0.561. The number of halogens is 2. The van der Waals surface area contributed by atoms with Crippen LogP contribution in [-0.4, -0.2) is 63.9 Å². The van der Waals surface area contributed by atoms with Gasteiger partial charge in [0.05, 0.1) is 10.7 Å². The van der Waals surface area contributed by atoms with Crippen LogP contribution in [0.5, 0.6) is 0 Å². The largest absolute Gasteiger partial charge is 0.368 e. The zero-order chi connectivity index (χ0) is 21.3. The van der Waals surface area contributed by atoms with E-state index in [1.54, 1.807) is 24.4 Å². The molecule has 0 bridgehead atoms.